The molecule has 0 bridgehead atoms. The van der Waals surface area contributed by atoms with E-state index in [0.29, 0.717) is 21.5 Å². The average Bonchev–Trinajstić information content (AvgIpc) is 2.62. The van der Waals surface area contributed by atoms with Gasteiger partial charge in [-0.1, -0.05) is 6.07 Å². The molecule has 2 aromatic carbocycles. The van der Waals surface area contributed by atoms with Crippen molar-refractivity contribution < 1.29 is 19.2 Å². The zero-order valence-electron chi connectivity index (χ0n) is 13.4. The third kappa shape index (κ3) is 4.32. The van der Waals surface area contributed by atoms with Gasteiger partial charge in [0.15, 0.2) is 11.5 Å². The van der Waals surface area contributed by atoms with E-state index in [1.807, 2.05) is 0 Å². The Hall–Kier alpha value is -2.94. The Morgan fingerprint density at radius 3 is 2.68 bits per heavy atom. The molecule has 0 aliphatic heterocycles. The van der Waals surface area contributed by atoms with Crippen LogP contribution in [0.4, 0.5) is 5.69 Å². The smallest absolute Gasteiger partial charge is 0.271 e. The fourth-order valence-electron chi connectivity index (χ4n) is 1.99. The molecule has 0 spiro atoms. The zero-order valence-corrected chi connectivity index (χ0v) is 14.9. The topological polar surface area (TPSA) is 103 Å². The summed E-state index contributed by atoms with van der Waals surface area (Å²) in [5.41, 5.74) is 2.94. The first kappa shape index (κ1) is 18.4. The van der Waals surface area contributed by atoms with E-state index in [1.165, 1.54) is 44.7 Å². The number of nitrogens with one attached hydrogen (secondary N) is 1. The number of methoxy groups -OCH3 is 2. The number of carbonyl (C=O) groups is 1. The number of ether oxygens (including phenoxy) is 2. The van der Waals surface area contributed by atoms with Crippen LogP contribution in [0.1, 0.15) is 15.9 Å². The summed E-state index contributed by atoms with van der Waals surface area (Å²) < 4.78 is 11.0. The molecule has 0 atom stereocenters. The van der Waals surface area contributed by atoms with Gasteiger partial charge in [-0.25, -0.2) is 5.43 Å². The fourth-order valence-corrected chi connectivity index (χ4v) is 2.58. The molecule has 0 unspecified atom stereocenters. The normalized spacial score (nSPS) is 10.5. The summed E-state index contributed by atoms with van der Waals surface area (Å²) in [6, 6.07) is 8.81. The molecule has 0 aliphatic rings. The Labute approximate surface area is 151 Å². The highest BCUT2D eigenvalue weighted by atomic mass is 79.9. The largest absolute Gasteiger partial charge is 0.493 e. The second-order valence-electron chi connectivity index (χ2n) is 4.71. The Kier molecular flexibility index (Phi) is 6.07. The maximum absolute atomic E-state index is 12.0. The molecule has 25 heavy (non-hydrogen) atoms. The van der Waals surface area contributed by atoms with Crippen LogP contribution >= 0.6 is 15.9 Å². The minimum Gasteiger partial charge on any atom is -0.493 e. The zero-order chi connectivity index (χ0) is 18.4. The third-order valence-electron chi connectivity index (χ3n) is 3.20. The van der Waals surface area contributed by atoms with Gasteiger partial charge < -0.3 is 9.47 Å². The number of nitro benzene ring substituents is 1. The molecule has 0 aliphatic carbocycles. The van der Waals surface area contributed by atoms with Crippen LogP contribution in [0.5, 0.6) is 11.5 Å². The number of hydrogen-bond donors (Lipinski definition) is 1. The monoisotopic (exact) mass is 407 g/mol. The van der Waals surface area contributed by atoms with Crippen LogP contribution in [-0.4, -0.2) is 31.3 Å². The van der Waals surface area contributed by atoms with Crippen molar-refractivity contribution in [1.82, 2.24) is 5.43 Å². The number of halogens is 1. The van der Waals surface area contributed by atoms with Crippen LogP contribution in [0.15, 0.2) is 46.0 Å². The van der Waals surface area contributed by atoms with Gasteiger partial charge >= 0.3 is 0 Å². The summed E-state index contributed by atoms with van der Waals surface area (Å²) in [4.78, 5) is 22.2. The molecule has 130 valence electrons. The van der Waals surface area contributed by atoms with Gasteiger partial charge in [0.25, 0.3) is 11.6 Å². The molecule has 0 aromatic heterocycles. The summed E-state index contributed by atoms with van der Waals surface area (Å²) in [6.07, 6.45) is 1.42. The Balaban J connectivity index is 2.14. The SMILES string of the molecule is COc1ccc(/C=N\NC(=O)c2cccc([N+](=O)[O-])c2)c(Br)c1OC. The van der Waals surface area contributed by atoms with Gasteiger partial charge in [0.1, 0.15) is 0 Å². The molecule has 2 rings (SSSR count). The van der Waals surface area contributed by atoms with Crippen molar-refractivity contribution >= 4 is 33.7 Å². The van der Waals surface area contributed by atoms with Crippen molar-refractivity contribution in [3.63, 3.8) is 0 Å². The van der Waals surface area contributed by atoms with Crippen LogP contribution in [0.3, 0.4) is 0 Å². The summed E-state index contributed by atoms with van der Waals surface area (Å²) in [5, 5.41) is 14.6. The van der Waals surface area contributed by atoms with E-state index in [0.717, 1.165) is 0 Å². The van der Waals surface area contributed by atoms with E-state index in [1.54, 1.807) is 12.1 Å². The van der Waals surface area contributed by atoms with E-state index in [-0.39, 0.29) is 11.3 Å². The predicted octanol–water partition coefficient (Wildman–Crippen LogP) is 3.14. The maximum Gasteiger partial charge on any atom is 0.271 e. The van der Waals surface area contributed by atoms with Crippen molar-refractivity contribution in [2.45, 2.75) is 0 Å². The van der Waals surface area contributed by atoms with Gasteiger partial charge in [0.2, 0.25) is 0 Å². The van der Waals surface area contributed by atoms with Crippen molar-refractivity contribution in [1.29, 1.82) is 0 Å². The lowest BCUT2D eigenvalue weighted by atomic mass is 10.2. The predicted molar refractivity (Wildman–Crippen MR) is 95.4 cm³/mol. The number of hydrazone groups is 1. The highest BCUT2D eigenvalue weighted by molar-refractivity contribution is 9.10. The first-order chi connectivity index (χ1) is 12.0. The fraction of sp³-hybridized carbons (Fsp3) is 0.125. The lowest BCUT2D eigenvalue weighted by Gasteiger charge is -2.10. The van der Waals surface area contributed by atoms with Crippen molar-refractivity contribution in [3.05, 3.63) is 62.1 Å². The van der Waals surface area contributed by atoms with E-state index in [4.69, 9.17) is 9.47 Å². The molecule has 0 heterocycles. The van der Waals surface area contributed by atoms with Gasteiger partial charge in [0.05, 0.1) is 29.8 Å². The third-order valence-corrected chi connectivity index (χ3v) is 4.02. The highest BCUT2D eigenvalue weighted by Gasteiger charge is 2.12. The molecule has 8 nitrogen and oxygen atoms in total. The molecule has 1 N–H and O–H groups in total. The van der Waals surface area contributed by atoms with Crippen LogP contribution in [0, 0.1) is 10.1 Å². The highest BCUT2D eigenvalue weighted by Crippen LogP contribution is 2.36. The first-order valence-corrected chi connectivity index (χ1v) is 7.75. The number of benzene rings is 2. The van der Waals surface area contributed by atoms with Gasteiger partial charge in [-0.15, -0.1) is 0 Å². The number of rotatable bonds is 6. The molecular weight excluding hydrogens is 394 g/mol. The van der Waals surface area contributed by atoms with Gasteiger partial charge in [0, 0.05) is 23.3 Å². The van der Waals surface area contributed by atoms with E-state index in [9.17, 15) is 14.9 Å². The number of nitro groups is 1. The van der Waals surface area contributed by atoms with Gasteiger partial charge in [-0.2, -0.15) is 5.10 Å². The number of carbonyl (C=O) groups excluding carboxylic acids is 1. The second kappa shape index (κ2) is 8.25. The summed E-state index contributed by atoms with van der Waals surface area (Å²) in [5.74, 6) is 0.486. The van der Waals surface area contributed by atoms with Gasteiger partial charge in [-0.3, -0.25) is 14.9 Å². The minimum atomic E-state index is -0.569. The van der Waals surface area contributed by atoms with Crippen molar-refractivity contribution in [3.8, 4) is 11.5 Å². The van der Waals surface area contributed by atoms with Gasteiger partial charge in [-0.05, 0) is 34.1 Å². The Morgan fingerprint density at radius 1 is 1.28 bits per heavy atom. The maximum atomic E-state index is 12.0. The summed E-state index contributed by atoms with van der Waals surface area (Å²) in [6.45, 7) is 0. The van der Waals surface area contributed by atoms with Crippen LogP contribution in [-0.2, 0) is 0 Å². The molecular formula is C16H14BrN3O5. The number of nitrogens with zero attached hydrogens (tertiary/aromatic N) is 2. The van der Waals surface area contributed by atoms with Crippen LogP contribution < -0.4 is 14.9 Å². The summed E-state index contributed by atoms with van der Waals surface area (Å²) >= 11 is 3.39. The quantitative estimate of drug-likeness (QED) is 0.450. The van der Waals surface area contributed by atoms with Crippen LogP contribution in [0.25, 0.3) is 0 Å². The molecule has 0 radical (unpaired) electrons. The second-order valence-corrected chi connectivity index (χ2v) is 5.50. The number of hydrogen-bond acceptors (Lipinski definition) is 6. The van der Waals surface area contributed by atoms with E-state index < -0.39 is 10.8 Å². The lowest BCUT2D eigenvalue weighted by Crippen LogP contribution is -2.17. The average molecular weight is 408 g/mol. The van der Waals surface area contributed by atoms with Crippen molar-refractivity contribution in [2.75, 3.05) is 14.2 Å². The molecule has 9 heteroatoms. The van der Waals surface area contributed by atoms with E-state index >= 15 is 0 Å². The molecule has 1 amide bonds. The Morgan fingerprint density at radius 2 is 2.04 bits per heavy atom. The molecule has 0 fully saturated rings. The minimum absolute atomic E-state index is 0.137. The Bertz CT molecular complexity index is 839. The van der Waals surface area contributed by atoms with E-state index in [2.05, 4.69) is 26.5 Å². The van der Waals surface area contributed by atoms with Crippen molar-refractivity contribution in [2.24, 2.45) is 5.10 Å². The molecule has 0 saturated heterocycles. The van der Waals surface area contributed by atoms with Crippen LogP contribution in [0.2, 0.25) is 0 Å². The first-order valence-electron chi connectivity index (χ1n) is 6.96. The molecule has 2 aromatic rings. The number of non-ortho nitro benzene ring substituents is 1. The summed E-state index contributed by atoms with van der Waals surface area (Å²) in [7, 11) is 3.03. The standard InChI is InChI=1S/C16H14BrN3O5/c1-24-13-7-6-11(14(17)15(13)25-2)9-18-19-16(21)10-4-3-5-12(8-10)20(22)23/h3-9H,1-2H3,(H,19,21)/b18-9-. The molecule has 0 saturated carbocycles. The number of amides is 1. The lowest BCUT2D eigenvalue weighted by molar-refractivity contribution is -0.384.